The SMILES string of the molecule is CC(=O)OC(C)C.ClCCl. The summed E-state index contributed by atoms with van der Waals surface area (Å²) in [5.41, 5.74) is 0. The van der Waals surface area contributed by atoms with Gasteiger partial charge < -0.3 is 4.74 Å². The summed E-state index contributed by atoms with van der Waals surface area (Å²) in [4.78, 5) is 10.0. The zero-order valence-corrected chi connectivity index (χ0v) is 7.87. The maximum absolute atomic E-state index is 10.0. The number of ether oxygens (including phenoxy) is 1. The number of hydrogen-bond acceptors (Lipinski definition) is 2. The molecule has 0 saturated carbocycles. The van der Waals surface area contributed by atoms with Crippen molar-refractivity contribution in [1.82, 2.24) is 0 Å². The molecule has 0 N–H and O–H groups in total. The first-order valence-electron chi connectivity index (χ1n) is 2.83. The molecule has 0 amide bonds. The second kappa shape index (κ2) is 9.05. The molecule has 0 aromatic rings. The molecule has 0 aromatic carbocycles. The highest BCUT2D eigenvalue weighted by atomic mass is 35.5. The van der Waals surface area contributed by atoms with Crippen LogP contribution in [-0.2, 0) is 9.53 Å². The van der Waals surface area contributed by atoms with E-state index in [1.165, 1.54) is 6.92 Å². The van der Waals surface area contributed by atoms with Crippen molar-refractivity contribution in [3.63, 3.8) is 0 Å². The molecule has 0 radical (unpaired) electrons. The molecule has 0 fully saturated rings. The average Bonchev–Trinajstić information content (AvgIpc) is 1.62. The van der Waals surface area contributed by atoms with Crippen molar-refractivity contribution in [2.45, 2.75) is 26.9 Å². The van der Waals surface area contributed by atoms with Gasteiger partial charge in [-0.3, -0.25) is 4.79 Å². The van der Waals surface area contributed by atoms with Crippen LogP contribution in [-0.4, -0.2) is 17.4 Å². The molecule has 0 aliphatic heterocycles. The van der Waals surface area contributed by atoms with E-state index in [1.54, 1.807) is 0 Å². The first-order valence-corrected chi connectivity index (χ1v) is 3.90. The van der Waals surface area contributed by atoms with E-state index in [0.29, 0.717) is 0 Å². The van der Waals surface area contributed by atoms with E-state index in [1.807, 2.05) is 13.8 Å². The van der Waals surface area contributed by atoms with Crippen LogP contribution in [0.2, 0.25) is 0 Å². The fourth-order valence-corrected chi connectivity index (χ4v) is 0.332. The lowest BCUT2D eigenvalue weighted by Crippen LogP contribution is -2.06. The highest BCUT2D eigenvalue weighted by Gasteiger charge is 1.93. The van der Waals surface area contributed by atoms with Gasteiger partial charge in [0.15, 0.2) is 0 Å². The quantitative estimate of drug-likeness (QED) is 0.465. The Kier molecular flexibility index (Phi) is 11.5. The number of hydrogen-bond donors (Lipinski definition) is 0. The summed E-state index contributed by atoms with van der Waals surface area (Å²) < 4.78 is 4.61. The van der Waals surface area contributed by atoms with Gasteiger partial charge in [0.2, 0.25) is 0 Å². The predicted octanol–water partition coefficient (Wildman–Crippen LogP) is 2.38. The molecule has 0 heterocycles. The molecule has 0 aliphatic carbocycles. The van der Waals surface area contributed by atoms with Gasteiger partial charge in [-0.1, -0.05) is 0 Å². The van der Waals surface area contributed by atoms with E-state index in [-0.39, 0.29) is 17.4 Å². The Morgan fingerprint density at radius 2 is 1.80 bits per heavy atom. The highest BCUT2D eigenvalue weighted by Crippen LogP contribution is 1.85. The summed E-state index contributed by atoms with van der Waals surface area (Å²) in [6.45, 7) is 5.04. The average molecular weight is 187 g/mol. The van der Waals surface area contributed by atoms with Crippen LogP contribution < -0.4 is 0 Å². The van der Waals surface area contributed by atoms with Crippen molar-refractivity contribution in [2.75, 3.05) is 5.34 Å². The minimum Gasteiger partial charge on any atom is -0.463 e. The van der Waals surface area contributed by atoms with Crippen LogP contribution in [0.1, 0.15) is 20.8 Å². The van der Waals surface area contributed by atoms with Gasteiger partial charge in [0.05, 0.1) is 11.4 Å². The van der Waals surface area contributed by atoms with E-state index in [9.17, 15) is 4.79 Å². The number of halogens is 2. The number of alkyl halides is 2. The van der Waals surface area contributed by atoms with Crippen molar-refractivity contribution < 1.29 is 9.53 Å². The molecule has 0 atom stereocenters. The Bertz CT molecular complexity index is 83.8. The fraction of sp³-hybridized carbons (Fsp3) is 0.833. The van der Waals surface area contributed by atoms with Gasteiger partial charge in [0.25, 0.3) is 0 Å². The Labute approximate surface area is 71.5 Å². The van der Waals surface area contributed by atoms with Crippen LogP contribution >= 0.6 is 23.2 Å². The molecular formula is C6H12Cl2O2. The lowest BCUT2D eigenvalue weighted by atomic mass is 10.5. The van der Waals surface area contributed by atoms with Crippen LogP contribution in [0, 0.1) is 0 Å². The molecule has 0 rings (SSSR count). The third kappa shape index (κ3) is 24.4. The van der Waals surface area contributed by atoms with Gasteiger partial charge in [-0.15, -0.1) is 23.2 Å². The second-order valence-electron chi connectivity index (χ2n) is 1.76. The maximum atomic E-state index is 10.0. The lowest BCUT2D eigenvalue weighted by molar-refractivity contribution is -0.144. The normalized spacial score (nSPS) is 8.20. The van der Waals surface area contributed by atoms with Gasteiger partial charge in [0.1, 0.15) is 0 Å². The minimum atomic E-state index is -0.213. The molecule has 0 aliphatic rings. The Balaban J connectivity index is 0. The second-order valence-corrected chi connectivity index (χ2v) is 2.57. The molecular weight excluding hydrogens is 175 g/mol. The molecule has 0 unspecified atom stereocenters. The fourth-order valence-electron chi connectivity index (χ4n) is 0.332. The number of carbonyl (C=O) groups excluding carboxylic acids is 1. The van der Waals surface area contributed by atoms with Crippen molar-refractivity contribution in [2.24, 2.45) is 0 Å². The van der Waals surface area contributed by atoms with Crippen LogP contribution in [0.4, 0.5) is 0 Å². The van der Waals surface area contributed by atoms with Crippen LogP contribution in [0.5, 0.6) is 0 Å². The summed E-state index contributed by atoms with van der Waals surface area (Å²) in [5.74, 6) is -0.213. The summed E-state index contributed by atoms with van der Waals surface area (Å²) in [5, 5.41) is 0.194. The summed E-state index contributed by atoms with van der Waals surface area (Å²) in [7, 11) is 0. The molecule has 0 saturated heterocycles. The molecule has 0 spiro atoms. The molecule has 4 heteroatoms. The van der Waals surface area contributed by atoms with E-state index in [4.69, 9.17) is 23.2 Å². The topological polar surface area (TPSA) is 26.3 Å². The first-order chi connectivity index (χ1) is 4.54. The summed E-state index contributed by atoms with van der Waals surface area (Å²) in [6, 6.07) is 0. The predicted molar refractivity (Wildman–Crippen MR) is 43.5 cm³/mol. The third-order valence-electron chi connectivity index (χ3n) is 0.402. The number of esters is 1. The van der Waals surface area contributed by atoms with E-state index in [0.717, 1.165) is 0 Å². The van der Waals surface area contributed by atoms with Gasteiger partial charge in [-0.25, -0.2) is 0 Å². The number of carbonyl (C=O) groups is 1. The smallest absolute Gasteiger partial charge is 0.302 e. The van der Waals surface area contributed by atoms with Crippen LogP contribution in [0.25, 0.3) is 0 Å². The standard InChI is InChI=1S/C5H10O2.CH2Cl2/c1-4(2)7-5(3)6;2-1-3/h4H,1-3H3;1H2. The molecule has 0 aromatic heterocycles. The summed E-state index contributed by atoms with van der Waals surface area (Å²) >= 11 is 9.53. The Hall–Kier alpha value is 0.0500. The first kappa shape index (κ1) is 12.7. The summed E-state index contributed by atoms with van der Waals surface area (Å²) in [6.07, 6.45) is 0.0255. The van der Waals surface area contributed by atoms with Crippen LogP contribution in [0.15, 0.2) is 0 Å². The van der Waals surface area contributed by atoms with E-state index in [2.05, 4.69) is 4.74 Å². The zero-order valence-electron chi connectivity index (χ0n) is 6.36. The van der Waals surface area contributed by atoms with E-state index >= 15 is 0 Å². The lowest BCUT2D eigenvalue weighted by Gasteiger charge is -2.01. The largest absolute Gasteiger partial charge is 0.463 e. The van der Waals surface area contributed by atoms with Crippen molar-refractivity contribution in [3.8, 4) is 0 Å². The third-order valence-corrected chi connectivity index (χ3v) is 0.402. The Morgan fingerprint density at radius 3 is 1.80 bits per heavy atom. The maximum Gasteiger partial charge on any atom is 0.302 e. The minimum absolute atomic E-state index is 0.0255. The van der Waals surface area contributed by atoms with Crippen LogP contribution in [0.3, 0.4) is 0 Å². The molecule has 0 bridgehead atoms. The highest BCUT2D eigenvalue weighted by molar-refractivity contribution is 6.40. The number of rotatable bonds is 1. The monoisotopic (exact) mass is 186 g/mol. The van der Waals surface area contributed by atoms with Crippen molar-refractivity contribution >= 4 is 29.2 Å². The van der Waals surface area contributed by atoms with Gasteiger partial charge in [0, 0.05) is 6.92 Å². The van der Waals surface area contributed by atoms with Gasteiger partial charge in [-0.2, -0.15) is 0 Å². The Morgan fingerprint density at radius 1 is 1.50 bits per heavy atom. The molecule has 10 heavy (non-hydrogen) atoms. The van der Waals surface area contributed by atoms with Crippen molar-refractivity contribution in [3.05, 3.63) is 0 Å². The van der Waals surface area contributed by atoms with E-state index < -0.39 is 0 Å². The molecule has 62 valence electrons. The van der Waals surface area contributed by atoms with Gasteiger partial charge >= 0.3 is 5.97 Å². The van der Waals surface area contributed by atoms with Crippen molar-refractivity contribution in [1.29, 1.82) is 0 Å². The van der Waals surface area contributed by atoms with Gasteiger partial charge in [-0.05, 0) is 13.8 Å². The zero-order chi connectivity index (χ0) is 8.57. The molecule has 2 nitrogen and oxygen atoms in total.